The fraction of sp³-hybridized carbons (Fsp3) is 0.562. The summed E-state index contributed by atoms with van der Waals surface area (Å²) in [4.78, 5) is 11.6. The summed E-state index contributed by atoms with van der Waals surface area (Å²) < 4.78 is 18.3. The molecule has 0 unspecified atom stereocenters. The Morgan fingerprint density at radius 2 is 2.09 bits per heavy atom. The number of rotatable bonds is 8. The Bertz CT molecular complexity index is 492. The molecule has 124 valence electrons. The van der Waals surface area contributed by atoms with Crippen LogP contribution in [0.5, 0.6) is 5.75 Å². The van der Waals surface area contributed by atoms with Crippen LogP contribution in [0, 0.1) is 11.2 Å². The molecule has 6 heteroatoms. The van der Waals surface area contributed by atoms with Crippen molar-refractivity contribution in [1.82, 2.24) is 10.6 Å². The minimum absolute atomic E-state index is 0.126. The van der Waals surface area contributed by atoms with Gasteiger partial charge in [0.1, 0.15) is 0 Å². The number of hydrogen-bond donors (Lipinski definition) is 3. The van der Waals surface area contributed by atoms with E-state index < -0.39 is 5.82 Å². The summed E-state index contributed by atoms with van der Waals surface area (Å²) >= 11 is 0. The second-order valence-electron chi connectivity index (χ2n) is 6.00. The van der Waals surface area contributed by atoms with Crippen LogP contribution in [0.25, 0.3) is 0 Å². The molecule has 1 aromatic rings. The lowest BCUT2D eigenvalue weighted by molar-refractivity contribution is 0.148. The van der Waals surface area contributed by atoms with Gasteiger partial charge in [-0.25, -0.2) is 9.18 Å². The topological polar surface area (TPSA) is 70.6 Å². The largest absolute Gasteiger partial charge is 0.494 e. The van der Waals surface area contributed by atoms with Gasteiger partial charge in [0.05, 0.1) is 7.11 Å². The predicted octanol–water partition coefficient (Wildman–Crippen LogP) is 2.43. The maximum absolute atomic E-state index is 13.5. The Morgan fingerprint density at radius 1 is 1.36 bits per heavy atom. The van der Waals surface area contributed by atoms with E-state index in [-0.39, 0.29) is 30.3 Å². The standard InChI is InChI=1S/C16H25FN2O3/c1-16(2,11-20)7-4-8-18-15(21)19-10-12-5-6-14(22-3)13(17)9-12/h5-6,9,20H,4,7-8,10-11H2,1-3H3,(H2,18,19,21). The number of carbonyl (C=O) groups is 1. The molecule has 0 saturated carbocycles. The van der Waals surface area contributed by atoms with Crippen LogP contribution in [0.3, 0.4) is 0 Å². The first-order valence-corrected chi connectivity index (χ1v) is 7.33. The summed E-state index contributed by atoms with van der Waals surface area (Å²) in [5.74, 6) is -0.270. The predicted molar refractivity (Wildman–Crippen MR) is 83.3 cm³/mol. The van der Waals surface area contributed by atoms with E-state index in [1.807, 2.05) is 13.8 Å². The number of amides is 2. The van der Waals surface area contributed by atoms with Crippen LogP contribution in [0.15, 0.2) is 18.2 Å². The van der Waals surface area contributed by atoms with Gasteiger partial charge in [-0.05, 0) is 36.0 Å². The third-order valence-corrected chi connectivity index (χ3v) is 3.41. The van der Waals surface area contributed by atoms with Crippen molar-refractivity contribution in [3.63, 3.8) is 0 Å². The van der Waals surface area contributed by atoms with Gasteiger partial charge in [-0.3, -0.25) is 0 Å². The molecule has 0 saturated heterocycles. The summed E-state index contributed by atoms with van der Waals surface area (Å²) in [6, 6.07) is 4.27. The van der Waals surface area contributed by atoms with Gasteiger partial charge in [0.15, 0.2) is 11.6 Å². The molecule has 22 heavy (non-hydrogen) atoms. The third-order valence-electron chi connectivity index (χ3n) is 3.41. The van der Waals surface area contributed by atoms with Crippen molar-refractivity contribution in [2.45, 2.75) is 33.2 Å². The molecule has 0 bridgehead atoms. The number of aliphatic hydroxyl groups excluding tert-OH is 1. The first-order chi connectivity index (χ1) is 10.4. The Kier molecular flexibility index (Phi) is 7.11. The molecule has 0 fully saturated rings. The van der Waals surface area contributed by atoms with Crippen LogP contribution >= 0.6 is 0 Å². The zero-order valence-electron chi connectivity index (χ0n) is 13.4. The van der Waals surface area contributed by atoms with Gasteiger partial charge in [-0.1, -0.05) is 19.9 Å². The summed E-state index contributed by atoms with van der Waals surface area (Å²) in [5.41, 5.74) is 0.536. The van der Waals surface area contributed by atoms with E-state index in [1.165, 1.54) is 19.2 Å². The number of methoxy groups -OCH3 is 1. The van der Waals surface area contributed by atoms with Crippen LogP contribution < -0.4 is 15.4 Å². The number of hydrogen-bond acceptors (Lipinski definition) is 3. The Labute approximate surface area is 130 Å². The lowest BCUT2D eigenvalue weighted by atomic mass is 9.89. The smallest absolute Gasteiger partial charge is 0.315 e. The van der Waals surface area contributed by atoms with Crippen LogP contribution in [0.2, 0.25) is 0 Å². The average Bonchev–Trinajstić information content (AvgIpc) is 2.49. The summed E-state index contributed by atoms with van der Waals surface area (Å²) in [6.07, 6.45) is 1.62. The van der Waals surface area contributed by atoms with Gasteiger partial charge < -0.3 is 20.5 Å². The molecule has 0 aliphatic heterocycles. The highest BCUT2D eigenvalue weighted by molar-refractivity contribution is 5.73. The van der Waals surface area contributed by atoms with Gasteiger partial charge in [-0.15, -0.1) is 0 Å². The maximum atomic E-state index is 13.5. The number of halogens is 1. The van der Waals surface area contributed by atoms with Crippen molar-refractivity contribution in [1.29, 1.82) is 0 Å². The van der Waals surface area contributed by atoms with Gasteiger partial charge in [0, 0.05) is 19.7 Å². The first-order valence-electron chi connectivity index (χ1n) is 7.33. The van der Waals surface area contributed by atoms with Crippen molar-refractivity contribution < 1.29 is 19.0 Å². The molecule has 1 rings (SSSR count). The lowest BCUT2D eigenvalue weighted by Crippen LogP contribution is -2.36. The third kappa shape index (κ3) is 6.30. The van der Waals surface area contributed by atoms with Gasteiger partial charge in [-0.2, -0.15) is 0 Å². The normalized spacial score (nSPS) is 11.1. The summed E-state index contributed by atoms with van der Waals surface area (Å²) in [6.45, 7) is 4.86. The number of benzene rings is 1. The van der Waals surface area contributed by atoms with Crippen LogP contribution in [0.4, 0.5) is 9.18 Å². The molecule has 0 heterocycles. The number of aliphatic hydroxyl groups is 1. The van der Waals surface area contributed by atoms with Gasteiger partial charge in [0.25, 0.3) is 0 Å². The number of nitrogens with one attached hydrogen (secondary N) is 2. The van der Waals surface area contributed by atoms with Crippen LogP contribution in [-0.4, -0.2) is 31.4 Å². The van der Waals surface area contributed by atoms with E-state index >= 15 is 0 Å². The second-order valence-corrected chi connectivity index (χ2v) is 6.00. The van der Waals surface area contributed by atoms with E-state index in [9.17, 15) is 9.18 Å². The van der Waals surface area contributed by atoms with Gasteiger partial charge >= 0.3 is 6.03 Å². The molecule has 0 aliphatic rings. The maximum Gasteiger partial charge on any atom is 0.315 e. The Hall–Kier alpha value is -1.82. The van der Waals surface area contributed by atoms with Crippen molar-refractivity contribution in [2.24, 2.45) is 5.41 Å². The number of urea groups is 1. The average molecular weight is 312 g/mol. The molecular formula is C16H25FN2O3. The fourth-order valence-electron chi connectivity index (χ4n) is 1.91. The van der Waals surface area contributed by atoms with Crippen molar-refractivity contribution in [3.05, 3.63) is 29.6 Å². The minimum atomic E-state index is -0.451. The zero-order chi connectivity index (χ0) is 16.6. The zero-order valence-corrected chi connectivity index (χ0v) is 13.4. The highest BCUT2D eigenvalue weighted by Gasteiger charge is 2.15. The van der Waals surface area contributed by atoms with E-state index in [0.29, 0.717) is 12.1 Å². The molecule has 5 nitrogen and oxygen atoms in total. The highest BCUT2D eigenvalue weighted by atomic mass is 19.1. The van der Waals surface area contributed by atoms with E-state index in [0.717, 1.165) is 12.8 Å². The SMILES string of the molecule is COc1ccc(CNC(=O)NCCCC(C)(C)CO)cc1F. The van der Waals surface area contributed by atoms with E-state index in [4.69, 9.17) is 9.84 Å². The molecular weight excluding hydrogens is 287 g/mol. The van der Waals surface area contributed by atoms with Crippen LogP contribution in [-0.2, 0) is 6.54 Å². The van der Waals surface area contributed by atoms with E-state index in [2.05, 4.69) is 10.6 Å². The quantitative estimate of drug-likeness (QED) is 0.646. The molecule has 2 amide bonds. The van der Waals surface area contributed by atoms with E-state index in [1.54, 1.807) is 6.07 Å². The molecule has 0 aromatic heterocycles. The molecule has 0 spiro atoms. The molecule has 0 atom stereocenters. The molecule has 1 aromatic carbocycles. The van der Waals surface area contributed by atoms with Gasteiger partial charge in [0.2, 0.25) is 0 Å². The Morgan fingerprint density at radius 3 is 2.68 bits per heavy atom. The van der Waals surface area contributed by atoms with Crippen molar-refractivity contribution in [3.8, 4) is 5.75 Å². The van der Waals surface area contributed by atoms with Crippen molar-refractivity contribution in [2.75, 3.05) is 20.3 Å². The number of ether oxygens (including phenoxy) is 1. The fourth-order valence-corrected chi connectivity index (χ4v) is 1.91. The first kappa shape index (κ1) is 18.2. The molecule has 0 radical (unpaired) electrons. The number of carbonyl (C=O) groups excluding carboxylic acids is 1. The molecule has 0 aliphatic carbocycles. The second kappa shape index (κ2) is 8.58. The monoisotopic (exact) mass is 312 g/mol. The Balaban J connectivity index is 2.27. The summed E-state index contributed by atoms with van der Waals surface area (Å²) in [5, 5.41) is 14.5. The minimum Gasteiger partial charge on any atom is -0.494 e. The highest BCUT2D eigenvalue weighted by Crippen LogP contribution is 2.20. The van der Waals surface area contributed by atoms with Crippen molar-refractivity contribution >= 4 is 6.03 Å². The molecule has 3 N–H and O–H groups in total. The summed E-state index contributed by atoms with van der Waals surface area (Å²) in [7, 11) is 1.40. The van der Waals surface area contributed by atoms with Crippen LogP contribution in [0.1, 0.15) is 32.3 Å². The lowest BCUT2D eigenvalue weighted by Gasteiger charge is -2.21.